The summed E-state index contributed by atoms with van der Waals surface area (Å²) in [7, 11) is 0. The number of halogens is 1. The number of benzene rings is 2. The number of hydrogen-bond acceptors (Lipinski definition) is 3. The summed E-state index contributed by atoms with van der Waals surface area (Å²) >= 11 is 0. The molecule has 0 N–H and O–H groups in total. The maximum absolute atomic E-state index is 13.2. The molecule has 98 valence electrons. The molecule has 2 aromatic carbocycles. The van der Waals surface area contributed by atoms with Gasteiger partial charge in [0.15, 0.2) is 0 Å². The molecule has 0 aliphatic carbocycles. The second kappa shape index (κ2) is 5.86. The van der Waals surface area contributed by atoms with E-state index in [1.807, 2.05) is 13.0 Å². The third-order valence-corrected chi connectivity index (χ3v) is 2.86. The van der Waals surface area contributed by atoms with Crippen molar-refractivity contribution >= 4 is 0 Å². The van der Waals surface area contributed by atoms with E-state index in [4.69, 9.17) is 15.3 Å². The van der Waals surface area contributed by atoms with E-state index in [0.29, 0.717) is 16.9 Å². The topological polar surface area (TPSA) is 56.8 Å². The minimum Gasteiger partial charge on any atom is -0.489 e. The first-order valence-corrected chi connectivity index (χ1v) is 5.96. The summed E-state index contributed by atoms with van der Waals surface area (Å²) in [6, 6.07) is 13.3. The van der Waals surface area contributed by atoms with E-state index in [1.54, 1.807) is 30.3 Å². The second-order valence-corrected chi connectivity index (χ2v) is 4.31. The minimum atomic E-state index is -0.543. The molecule has 0 fully saturated rings. The Hall–Kier alpha value is -2.85. The highest BCUT2D eigenvalue weighted by molar-refractivity contribution is 5.42. The van der Waals surface area contributed by atoms with Crippen LogP contribution in [0.1, 0.15) is 22.3 Å². The van der Waals surface area contributed by atoms with Crippen LogP contribution >= 0.6 is 0 Å². The highest BCUT2D eigenvalue weighted by Crippen LogP contribution is 2.21. The second-order valence-electron chi connectivity index (χ2n) is 4.31. The minimum absolute atomic E-state index is 0.00593. The number of ether oxygens (including phenoxy) is 1. The van der Waals surface area contributed by atoms with E-state index >= 15 is 0 Å². The van der Waals surface area contributed by atoms with Crippen molar-refractivity contribution in [3.05, 3.63) is 64.5 Å². The van der Waals surface area contributed by atoms with Gasteiger partial charge in [-0.15, -0.1) is 0 Å². The molecular weight excluding hydrogens is 255 g/mol. The predicted octanol–water partition coefficient (Wildman–Crippen LogP) is 3.46. The Morgan fingerprint density at radius 1 is 1.10 bits per heavy atom. The molecule has 0 saturated carbocycles. The van der Waals surface area contributed by atoms with Gasteiger partial charge in [0.1, 0.15) is 24.2 Å². The van der Waals surface area contributed by atoms with E-state index < -0.39 is 5.82 Å². The third kappa shape index (κ3) is 2.93. The molecule has 0 aliphatic rings. The van der Waals surface area contributed by atoms with Crippen molar-refractivity contribution in [2.45, 2.75) is 13.5 Å². The van der Waals surface area contributed by atoms with E-state index in [1.165, 1.54) is 12.1 Å². The van der Waals surface area contributed by atoms with Crippen molar-refractivity contribution in [1.82, 2.24) is 0 Å². The Balaban J connectivity index is 2.17. The van der Waals surface area contributed by atoms with Gasteiger partial charge >= 0.3 is 0 Å². The molecule has 4 heteroatoms. The van der Waals surface area contributed by atoms with Gasteiger partial charge in [-0.2, -0.15) is 10.5 Å². The molecule has 0 aliphatic heterocycles. The van der Waals surface area contributed by atoms with Crippen LogP contribution in [0.4, 0.5) is 4.39 Å². The van der Waals surface area contributed by atoms with Crippen LogP contribution in [0.15, 0.2) is 36.4 Å². The van der Waals surface area contributed by atoms with Crippen molar-refractivity contribution in [3.63, 3.8) is 0 Å². The molecule has 0 radical (unpaired) electrons. The van der Waals surface area contributed by atoms with Crippen molar-refractivity contribution < 1.29 is 9.13 Å². The lowest BCUT2D eigenvalue weighted by atomic mass is 10.1. The maximum atomic E-state index is 13.2. The first-order chi connectivity index (χ1) is 9.63. The van der Waals surface area contributed by atoms with Crippen molar-refractivity contribution in [1.29, 1.82) is 10.5 Å². The smallest absolute Gasteiger partial charge is 0.140 e. The number of rotatable bonds is 3. The zero-order valence-corrected chi connectivity index (χ0v) is 10.9. The monoisotopic (exact) mass is 266 g/mol. The van der Waals surface area contributed by atoms with E-state index in [9.17, 15) is 4.39 Å². The van der Waals surface area contributed by atoms with Gasteiger partial charge in [-0.05, 0) is 42.3 Å². The molecule has 0 heterocycles. The summed E-state index contributed by atoms with van der Waals surface area (Å²) in [5.41, 5.74) is 2.12. The Morgan fingerprint density at radius 3 is 2.60 bits per heavy atom. The van der Waals surface area contributed by atoms with E-state index in [0.717, 1.165) is 5.56 Å². The molecule has 2 rings (SSSR count). The van der Waals surface area contributed by atoms with Crippen LogP contribution in [-0.2, 0) is 6.61 Å². The van der Waals surface area contributed by atoms with Crippen molar-refractivity contribution in [2.75, 3.05) is 0 Å². The normalized spacial score (nSPS) is 9.60. The zero-order chi connectivity index (χ0) is 14.5. The van der Waals surface area contributed by atoms with Gasteiger partial charge in [0.25, 0.3) is 0 Å². The van der Waals surface area contributed by atoms with Crippen LogP contribution < -0.4 is 4.74 Å². The molecule has 2 aromatic rings. The summed E-state index contributed by atoms with van der Waals surface area (Å²) in [4.78, 5) is 0. The SMILES string of the molecule is Cc1ccc(C#N)cc1OCc1ccc(F)c(C#N)c1. The van der Waals surface area contributed by atoms with Gasteiger partial charge in [0.2, 0.25) is 0 Å². The van der Waals surface area contributed by atoms with Crippen LogP contribution in [0.2, 0.25) is 0 Å². The average Bonchev–Trinajstić information content (AvgIpc) is 2.47. The summed E-state index contributed by atoms with van der Waals surface area (Å²) in [6.07, 6.45) is 0. The van der Waals surface area contributed by atoms with Gasteiger partial charge < -0.3 is 4.74 Å². The molecule has 0 aromatic heterocycles. The molecule has 3 nitrogen and oxygen atoms in total. The fraction of sp³-hybridized carbons (Fsp3) is 0.125. The Labute approximate surface area is 116 Å². The van der Waals surface area contributed by atoms with Crippen LogP contribution in [0.25, 0.3) is 0 Å². The molecule has 0 spiro atoms. The largest absolute Gasteiger partial charge is 0.489 e. The van der Waals surface area contributed by atoms with Gasteiger partial charge in [0.05, 0.1) is 17.2 Å². The Kier molecular flexibility index (Phi) is 3.98. The predicted molar refractivity (Wildman–Crippen MR) is 71.3 cm³/mol. The summed E-state index contributed by atoms with van der Waals surface area (Å²) in [5.74, 6) is 0.0609. The fourth-order valence-corrected chi connectivity index (χ4v) is 1.73. The third-order valence-electron chi connectivity index (χ3n) is 2.86. The van der Waals surface area contributed by atoms with Gasteiger partial charge in [0, 0.05) is 0 Å². The molecule has 0 amide bonds. The quantitative estimate of drug-likeness (QED) is 0.854. The lowest BCUT2D eigenvalue weighted by Crippen LogP contribution is -1.99. The van der Waals surface area contributed by atoms with Gasteiger partial charge in [-0.3, -0.25) is 0 Å². The molecule has 0 bridgehead atoms. The van der Waals surface area contributed by atoms with Gasteiger partial charge in [-0.25, -0.2) is 4.39 Å². The number of hydrogen-bond donors (Lipinski definition) is 0. The number of aryl methyl sites for hydroxylation is 1. The molecule has 0 saturated heterocycles. The fourth-order valence-electron chi connectivity index (χ4n) is 1.73. The lowest BCUT2D eigenvalue weighted by Gasteiger charge is -2.09. The molecule has 20 heavy (non-hydrogen) atoms. The van der Waals surface area contributed by atoms with Crippen LogP contribution in [-0.4, -0.2) is 0 Å². The summed E-state index contributed by atoms with van der Waals surface area (Å²) in [6.45, 7) is 2.09. The average molecular weight is 266 g/mol. The summed E-state index contributed by atoms with van der Waals surface area (Å²) in [5, 5.41) is 17.6. The van der Waals surface area contributed by atoms with Gasteiger partial charge in [-0.1, -0.05) is 12.1 Å². The standard InChI is InChI=1S/C16H11FN2O/c1-11-2-3-12(8-18)7-16(11)20-10-13-4-5-15(17)14(6-13)9-19/h2-7H,10H2,1H3. The maximum Gasteiger partial charge on any atom is 0.140 e. The van der Waals surface area contributed by atoms with Crippen LogP contribution in [0, 0.1) is 35.4 Å². The van der Waals surface area contributed by atoms with Crippen molar-refractivity contribution in [2.24, 2.45) is 0 Å². The van der Waals surface area contributed by atoms with Crippen molar-refractivity contribution in [3.8, 4) is 17.9 Å². The highest BCUT2D eigenvalue weighted by Gasteiger charge is 2.05. The van der Waals surface area contributed by atoms with E-state index in [-0.39, 0.29) is 12.2 Å². The lowest BCUT2D eigenvalue weighted by molar-refractivity contribution is 0.304. The summed E-state index contributed by atoms with van der Waals surface area (Å²) < 4.78 is 18.8. The highest BCUT2D eigenvalue weighted by atomic mass is 19.1. The zero-order valence-electron chi connectivity index (χ0n) is 10.9. The van der Waals surface area contributed by atoms with E-state index in [2.05, 4.69) is 0 Å². The van der Waals surface area contributed by atoms with Crippen LogP contribution in [0.5, 0.6) is 5.75 Å². The first kappa shape index (κ1) is 13.6. The molecular formula is C16H11FN2O. The Bertz CT molecular complexity index is 726. The Morgan fingerprint density at radius 2 is 1.90 bits per heavy atom. The first-order valence-electron chi connectivity index (χ1n) is 5.96. The molecule has 0 atom stereocenters. The number of nitrogens with zero attached hydrogens (tertiary/aromatic N) is 2. The van der Waals surface area contributed by atoms with Crippen LogP contribution in [0.3, 0.4) is 0 Å². The number of nitriles is 2. The molecule has 0 unspecified atom stereocenters.